The smallest absolute Gasteiger partial charge is 0.309 e. The number of rotatable bonds is 5. The van der Waals surface area contributed by atoms with Crippen LogP contribution in [0.2, 0.25) is 0 Å². The van der Waals surface area contributed by atoms with Crippen LogP contribution in [-0.2, 0) is 19.1 Å². The van der Waals surface area contributed by atoms with Gasteiger partial charge in [0.15, 0.2) is 6.61 Å². The van der Waals surface area contributed by atoms with Gasteiger partial charge in [0.2, 0.25) is 11.8 Å². The fraction of sp³-hybridized carbons (Fsp3) is 0.500. The van der Waals surface area contributed by atoms with Gasteiger partial charge < -0.3 is 20.7 Å². The Hall–Kier alpha value is -2.90. The van der Waals surface area contributed by atoms with E-state index in [4.69, 9.17) is 10.5 Å². The molecule has 1 heterocycles. The second-order valence-electron chi connectivity index (χ2n) is 7.91. The maximum absolute atomic E-state index is 12.3. The topological polar surface area (TPSA) is 119 Å². The first-order chi connectivity index (χ1) is 13.1. The standard InChI is InChI=1S/C20H27N3O5/c1-20(2,3)19(27)23-10-8-14(9-11-23)18(26)28-12-16(24)22-15-6-4-13(5-7-15)17(21)25/h4-7,14H,8-12H2,1-3H3,(H2,21,25)(H,22,24). The molecule has 1 saturated heterocycles. The van der Waals surface area contributed by atoms with Crippen molar-refractivity contribution in [1.82, 2.24) is 4.90 Å². The van der Waals surface area contributed by atoms with Gasteiger partial charge in [-0.2, -0.15) is 0 Å². The highest BCUT2D eigenvalue weighted by molar-refractivity contribution is 5.95. The van der Waals surface area contributed by atoms with Crippen LogP contribution in [0, 0.1) is 11.3 Å². The number of nitrogens with two attached hydrogens (primary N) is 1. The molecule has 1 aromatic carbocycles. The van der Waals surface area contributed by atoms with Gasteiger partial charge in [0.1, 0.15) is 0 Å². The van der Waals surface area contributed by atoms with Crippen molar-refractivity contribution < 1.29 is 23.9 Å². The summed E-state index contributed by atoms with van der Waals surface area (Å²) in [6, 6.07) is 6.08. The van der Waals surface area contributed by atoms with Gasteiger partial charge >= 0.3 is 5.97 Å². The Morgan fingerprint density at radius 2 is 1.68 bits per heavy atom. The molecule has 0 atom stereocenters. The predicted molar refractivity (Wildman–Crippen MR) is 103 cm³/mol. The average molecular weight is 389 g/mol. The predicted octanol–water partition coefficient (Wildman–Crippen LogP) is 1.55. The molecule has 0 saturated carbocycles. The second kappa shape index (κ2) is 8.86. The first-order valence-corrected chi connectivity index (χ1v) is 9.23. The number of hydrogen-bond donors (Lipinski definition) is 2. The first-order valence-electron chi connectivity index (χ1n) is 9.23. The van der Waals surface area contributed by atoms with E-state index in [1.54, 1.807) is 17.0 Å². The van der Waals surface area contributed by atoms with E-state index in [9.17, 15) is 19.2 Å². The number of anilines is 1. The SMILES string of the molecule is CC(C)(C)C(=O)N1CCC(C(=O)OCC(=O)Nc2ccc(C(N)=O)cc2)CC1. The Morgan fingerprint density at radius 1 is 1.11 bits per heavy atom. The van der Waals surface area contributed by atoms with Crippen LogP contribution in [0.1, 0.15) is 44.0 Å². The zero-order valence-electron chi connectivity index (χ0n) is 16.5. The molecule has 152 valence electrons. The van der Waals surface area contributed by atoms with Gasteiger partial charge in [-0.1, -0.05) is 20.8 Å². The lowest BCUT2D eigenvalue weighted by Gasteiger charge is -2.34. The van der Waals surface area contributed by atoms with Crippen molar-refractivity contribution >= 4 is 29.4 Å². The lowest BCUT2D eigenvalue weighted by Crippen LogP contribution is -2.45. The molecule has 1 fully saturated rings. The van der Waals surface area contributed by atoms with Gasteiger partial charge in [0, 0.05) is 29.8 Å². The number of primary amides is 1. The zero-order chi connectivity index (χ0) is 20.9. The van der Waals surface area contributed by atoms with Crippen LogP contribution in [0.25, 0.3) is 0 Å². The van der Waals surface area contributed by atoms with Crippen molar-refractivity contribution in [2.45, 2.75) is 33.6 Å². The fourth-order valence-electron chi connectivity index (χ4n) is 2.96. The highest BCUT2D eigenvalue weighted by Crippen LogP contribution is 2.24. The van der Waals surface area contributed by atoms with Crippen LogP contribution in [0.5, 0.6) is 0 Å². The Kier molecular flexibility index (Phi) is 6.77. The summed E-state index contributed by atoms with van der Waals surface area (Å²) in [5.74, 6) is -1.70. The molecule has 2 rings (SSSR count). The van der Waals surface area contributed by atoms with Gasteiger partial charge in [-0.15, -0.1) is 0 Å². The van der Waals surface area contributed by atoms with Crippen LogP contribution < -0.4 is 11.1 Å². The molecule has 0 aliphatic carbocycles. The number of hydrogen-bond acceptors (Lipinski definition) is 5. The molecule has 0 aromatic heterocycles. The highest BCUT2D eigenvalue weighted by atomic mass is 16.5. The van der Waals surface area contributed by atoms with Crippen molar-refractivity contribution in [3.63, 3.8) is 0 Å². The summed E-state index contributed by atoms with van der Waals surface area (Å²) in [4.78, 5) is 49.2. The van der Waals surface area contributed by atoms with E-state index < -0.39 is 29.8 Å². The van der Waals surface area contributed by atoms with Gasteiger partial charge in [-0.05, 0) is 37.1 Å². The molecule has 0 unspecified atom stereocenters. The summed E-state index contributed by atoms with van der Waals surface area (Å²) in [6.07, 6.45) is 1.05. The van der Waals surface area contributed by atoms with E-state index in [-0.39, 0.29) is 11.8 Å². The molecule has 3 amide bonds. The molecule has 8 heteroatoms. The quantitative estimate of drug-likeness (QED) is 0.741. The minimum Gasteiger partial charge on any atom is -0.455 e. The third-order valence-corrected chi connectivity index (χ3v) is 4.56. The maximum atomic E-state index is 12.3. The summed E-state index contributed by atoms with van der Waals surface area (Å²) in [5.41, 5.74) is 5.52. The number of carbonyl (C=O) groups excluding carboxylic acids is 4. The highest BCUT2D eigenvalue weighted by Gasteiger charge is 2.33. The number of nitrogens with zero attached hydrogens (tertiary/aromatic N) is 1. The lowest BCUT2D eigenvalue weighted by atomic mass is 9.91. The summed E-state index contributed by atoms with van der Waals surface area (Å²) < 4.78 is 5.11. The summed E-state index contributed by atoms with van der Waals surface area (Å²) in [5, 5.41) is 2.58. The molecule has 28 heavy (non-hydrogen) atoms. The molecule has 0 radical (unpaired) electrons. The van der Waals surface area contributed by atoms with Gasteiger partial charge in [0.25, 0.3) is 5.91 Å². The third-order valence-electron chi connectivity index (χ3n) is 4.56. The Bertz CT molecular complexity index is 744. The van der Waals surface area contributed by atoms with Crippen LogP contribution in [0.4, 0.5) is 5.69 Å². The third kappa shape index (κ3) is 5.80. The molecule has 0 spiro atoms. The Labute approximate surface area is 164 Å². The molecular formula is C20H27N3O5. The number of nitrogens with one attached hydrogen (secondary N) is 1. The van der Waals surface area contributed by atoms with Crippen molar-refractivity contribution in [2.24, 2.45) is 17.1 Å². The minimum absolute atomic E-state index is 0.0704. The van der Waals surface area contributed by atoms with E-state index in [0.29, 0.717) is 37.2 Å². The molecule has 0 bridgehead atoms. The monoisotopic (exact) mass is 389 g/mol. The van der Waals surface area contributed by atoms with Gasteiger partial charge in [-0.25, -0.2) is 0 Å². The summed E-state index contributed by atoms with van der Waals surface area (Å²) in [6.45, 7) is 6.24. The van der Waals surface area contributed by atoms with Gasteiger partial charge in [-0.3, -0.25) is 19.2 Å². The molecule has 8 nitrogen and oxygen atoms in total. The number of ether oxygens (including phenoxy) is 1. The number of esters is 1. The van der Waals surface area contributed by atoms with Crippen LogP contribution in [-0.4, -0.2) is 48.3 Å². The van der Waals surface area contributed by atoms with E-state index in [0.717, 1.165) is 0 Å². The Balaban J connectivity index is 1.76. The molecule has 3 N–H and O–H groups in total. The average Bonchev–Trinajstić information content (AvgIpc) is 2.65. The van der Waals surface area contributed by atoms with Crippen LogP contribution in [0.3, 0.4) is 0 Å². The van der Waals surface area contributed by atoms with E-state index in [1.807, 2.05) is 20.8 Å². The molecule has 1 aliphatic rings. The normalized spacial score (nSPS) is 15.0. The zero-order valence-corrected chi connectivity index (χ0v) is 16.5. The molecule has 1 aromatic rings. The minimum atomic E-state index is -0.554. The van der Waals surface area contributed by atoms with E-state index in [2.05, 4.69) is 5.32 Å². The molecular weight excluding hydrogens is 362 g/mol. The summed E-state index contributed by atoms with van der Waals surface area (Å²) >= 11 is 0. The van der Waals surface area contributed by atoms with Crippen molar-refractivity contribution in [2.75, 3.05) is 25.0 Å². The van der Waals surface area contributed by atoms with Crippen molar-refractivity contribution in [3.8, 4) is 0 Å². The number of amides is 3. The summed E-state index contributed by atoms with van der Waals surface area (Å²) in [7, 11) is 0. The van der Waals surface area contributed by atoms with E-state index in [1.165, 1.54) is 12.1 Å². The molecule has 1 aliphatic heterocycles. The van der Waals surface area contributed by atoms with E-state index >= 15 is 0 Å². The van der Waals surface area contributed by atoms with Crippen LogP contribution in [0.15, 0.2) is 24.3 Å². The Morgan fingerprint density at radius 3 is 2.18 bits per heavy atom. The number of likely N-dealkylation sites (tertiary alicyclic amines) is 1. The number of benzene rings is 1. The fourth-order valence-corrected chi connectivity index (χ4v) is 2.96. The first kappa shape index (κ1) is 21.4. The number of carbonyl (C=O) groups is 4. The lowest BCUT2D eigenvalue weighted by molar-refractivity contribution is -0.155. The van der Waals surface area contributed by atoms with Crippen molar-refractivity contribution in [1.29, 1.82) is 0 Å². The maximum Gasteiger partial charge on any atom is 0.309 e. The largest absolute Gasteiger partial charge is 0.455 e. The van der Waals surface area contributed by atoms with Crippen LogP contribution >= 0.6 is 0 Å². The van der Waals surface area contributed by atoms with Gasteiger partial charge in [0.05, 0.1) is 5.92 Å². The van der Waals surface area contributed by atoms with Crippen molar-refractivity contribution in [3.05, 3.63) is 29.8 Å². The number of piperidine rings is 1. The second-order valence-corrected chi connectivity index (χ2v) is 7.91.